The largest absolute Gasteiger partial charge is 0.489 e. The van der Waals surface area contributed by atoms with Gasteiger partial charge >= 0.3 is 0 Å². The number of amides is 1. The highest BCUT2D eigenvalue weighted by molar-refractivity contribution is 5.88. The summed E-state index contributed by atoms with van der Waals surface area (Å²) in [6.45, 7) is 9.99. The van der Waals surface area contributed by atoms with Crippen LogP contribution in [0, 0.1) is 0 Å². The zero-order chi connectivity index (χ0) is 23.0. The zero-order valence-electron chi connectivity index (χ0n) is 19.6. The van der Waals surface area contributed by atoms with Crippen LogP contribution in [0.4, 0.5) is 0 Å². The summed E-state index contributed by atoms with van der Waals surface area (Å²) in [5.74, 6) is 0.568. The Labute approximate surface area is 192 Å². The third-order valence-corrected chi connectivity index (χ3v) is 5.65. The van der Waals surface area contributed by atoms with Gasteiger partial charge in [0.1, 0.15) is 12.4 Å². The molecule has 2 aromatic rings. The molecule has 1 amide bonds. The maximum Gasteiger partial charge on any atom is 0.243 e. The first-order chi connectivity index (χ1) is 15.7. The first kappa shape index (κ1) is 25.8. The van der Waals surface area contributed by atoms with Crippen molar-refractivity contribution < 1.29 is 14.7 Å². The highest BCUT2D eigenvalue weighted by Crippen LogP contribution is 2.25. The molecule has 0 heterocycles. The lowest BCUT2D eigenvalue weighted by Crippen LogP contribution is -2.28. The number of hydrogen-bond donors (Lipinski definition) is 3. The minimum atomic E-state index is -0.330. The van der Waals surface area contributed by atoms with Crippen molar-refractivity contribution in [1.29, 1.82) is 0 Å². The molecule has 0 saturated heterocycles. The van der Waals surface area contributed by atoms with Crippen molar-refractivity contribution in [1.82, 2.24) is 15.7 Å². The van der Waals surface area contributed by atoms with Crippen molar-refractivity contribution in [2.24, 2.45) is 0 Å². The van der Waals surface area contributed by atoms with Crippen LogP contribution in [0.3, 0.4) is 0 Å². The van der Waals surface area contributed by atoms with Crippen LogP contribution in [0.5, 0.6) is 5.75 Å². The lowest BCUT2D eigenvalue weighted by molar-refractivity contribution is -0.129. The summed E-state index contributed by atoms with van der Waals surface area (Å²) in [7, 11) is 0. The Hall–Kier alpha value is -2.41. The van der Waals surface area contributed by atoms with Gasteiger partial charge in [0.2, 0.25) is 5.91 Å². The van der Waals surface area contributed by atoms with Gasteiger partial charge in [-0.05, 0) is 68.9 Å². The van der Waals surface area contributed by atoms with Crippen LogP contribution in [0.2, 0.25) is 0 Å². The van der Waals surface area contributed by atoms with E-state index < -0.39 is 0 Å². The summed E-state index contributed by atoms with van der Waals surface area (Å²) in [6.07, 6.45) is 6.21. The number of allylic oxidation sites excluding steroid dienone is 1. The van der Waals surface area contributed by atoms with Crippen LogP contribution in [0.15, 0.2) is 54.1 Å². The van der Waals surface area contributed by atoms with Gasteiger partial charge < -0.3 is 15.0 Å². The maximum atomic E-state index is 11.2. The quantitative estimate of drug-likeness (QED) is 0.154. The highest BCUT2D eigenvalue weighted by atomic mass is 16.5. The second kappa shape index (κ2) is 15.4. The van der Waals surface area contributed by atoms with E-state index in [1.165, 1.54) is 11.0 Å². The van der Waals surface area contributed by atoms with E-state index in [9.17, 15) is 4.79 Å². The number of hydrogen-bond acceptors (Lipinski definition) is 5. The Bertz CT molecular complexity index is 829. The average molecular weight is 442 g/mol. The summed E-state index contributed by atoms with van der Waals surface area (Å²) in [6, 6.07) is 14.4. The van der Waals surface area contributed by atoms with Gasteiger partial charge in [0.15, 0.2) is 0 Å². The summed E-state index contributed by atoms with van der Waals surface area (Å²) < 4.78 is 6.21. The first-order valence-corrected chi connectivity index (χ1v) is 11.8. The van der Waals surface area contributed by atoms with E-state index in [1.54, 1.807) is 5.48 Å². The second-order valence-corrected chi connectivity index (χ2v) is 7.97. The van der Waals surface area contributed by atoms with Crippen LogP contribution in [0.25, 0.3) is 10.8 Å². The number of nitrogens with one attached hydrogen (secondary N) is 2. The van der Waals surface area contributed by atoms with Crippen LogP contribution in [-0.2, 0) is 4.79 Å². The van der Waals surface area contributed by atoms with Crippen LogP contribution < -0.4 is 15.5 Å². The lowest BCUT2D eigenvalue weighted by Gasteiger charge is -2.18. The number of rotatable bonds is 16. The maximum absolute atomic E-state index is 11.2. The number of unbranched alkanes of at least 4 members (excludes halogenated alkanes) is 2. The molecular formula is C26H39N3O3. The third kappa shape index (κ3) is 9.39. The lowest BCUT2D eigenvalue weighted by atomic mass is 10.1. The molecule has 0 radical (unpaired) electrons. The van der Waals surface area contributed by atoms with Gasteiger partial charge in [0, 0.05) is 18.4 Å². The summed E-state index contributed by atoms with van der Waals surface area (Å²) in [5, 5.41) is 14.5. The molecule has 0 fully saturated rings. The molecule has 0 aromatic heterocycles. The normalized spacial score (nSPS) is 11.8. The number of hydroxylamine groups is 1. The van der Waals surface area contributed by atoms with E-state index in [0.717, 1.165) is 69.5 Å². The molecule has 6 heteroatoms. The molecule has 0 bridgehead atoms. The standard InChI is InChI=1S/C26H39N3O3/c1-3-29(4-2)19-11-18-27-20-22(12-6-5-7-17-26(30)28-31)21-32-25-16-10-14-23-13-8-9-15-24(23)25/h8-10,12-16,27,31H,3-7,11,17-21H2,1-2H3,(H,28,30)/b22-12-. The minimum Gasteiger partial charge on any atom is -0.489 e. The fraction of sp³-hybridized carbons (Fsp3) is 0.500. The number of benzene rings is 2. The molecule has 0 unspecified atom stereocenters. The third-order valence-electron chi connectivity index (χ3n) is 5.65. The van der Waals surface area contributed by atoms with Gasteiger partial charge in [-0.15, -0.1) is 0 Å². The topological polar surface area (TPSA) is 73.8 Å². The van der Waals surface area contributed by atoms with Crippen molar-refractivity contribution >= 4 is 16.7 Å². The molecule has 3 N–H and O–H groups in total. The van der Waals surface area contributed by atoms with E-state index in [4.69, 9.17) is 9.94 Å². The van der Waals surface area contributed by atoms with Crippen molar-refractivity contribution in [3.8, 4) is 5.75 Å². The molecule has 0 aliphatic carbocycles. The Morgan fingerprint density at radius 1 is 1.06 bits per heavy atom. The number of nitrogens with zero attached hydrogens (tertiary/aromatic N) is 1. The second-order valence-electron chi connectivity index (χ2n) is 7.97. The van der Waals surface area contributed by atoms with E-state index in [-0.39, 0.29) is 5.91 Å². The van der Waals surface area contributed by atoms with Gasteiger partial charge in [0.05, 0.1) is 0 Å². The molecule has 0 atom stereocenters. The predicted molar refractivity (Wildman–Crippen MR) is 131 cm³/mol. The van der Waals surface area contributed by atoms with Gasteiger partial charge in [-0.2, -0.15) is 0 Å². The zero-order valence-corrected chi connectivity index (χ0v) is 19.6. The van der Waals surface area contributed by atoms with Gasteiger partial charge in [0.25, 0.3) is 0 Å². The summed E-state index contributed by atoms with van der Waals surface area (Å²) >= 11 is 0. The van der Waals surface area contributed by atoms with E-state index in [2.05, 4.69) is 48.3 Å². The number of ether oxygens (including phenoxy) is 1. The number of fused-ring (bicyclic) bond motifs is 1. The summed E-state index contributed by atoms with van der Waals surface area (Å²) in [5.41, 5.74) is 2.90. The molecule has 6 nitrogen and oxygen atoms in total. The molecule has 0 spiro atoms. The molecule has 0 aliphatic rings. The van der Waals surface area contributed by atoms with Gasteiger partial charge in [-0.25, -0.2) is 5.48 Å². The Morgan fingerprint density at radius 3 is 2.62 bits per heavy atom. The highest BCUT2D eigenvalue weighted by Gasteiger charge is 2.05. The van der Waals surface area contributed by atoms with Crippen molar-refractivity contribution in [2.45, 2.75) is 46.0 Å². The van der Waals surface area contributed by atoms with E-state index in [0.29, 0.717) is 13.0 Å². The van der Waals surface area contributed by atoms with Gasteiger partial charge in [-0.3, -0.25) is 10.0 Å². The Balaban J connectivity index is 1.88. The Morgan fingerprint density at radius 2 is 1.84 bits per heavy atom. The summed E-state index contributed by atoms with van der Waals surface area (Å²) in [4.78, 5) is 13.6. The minimum absolute atomic E-state index is 0.330. The van der Waals surface area contributed by atoms with Crippen molar-refractivity contribution in [2.75, 3.05) is 39.3 Å². The van der Waals surface area contributed by atoms with Crippen molar-refractivity contribution in [3.63, 3.8) is 0 Å². The molecule has 2 aromatic carbocycles. The first-order valence-electron chi connectivity index (χ1n) is 11.8. The number of carbonyl (C=O) groups is 1. The molecule has 2 rings (SSSR count). The fourth-order valence-corrected chi connectivity index (χ4v) is 3.68. The van der Waals surface area contributed by atoms with Crippen molar-refractivity contribution in [3.05, 3.63) is 54.1 Å². The molecule has 0 saturated carbocycles. The van der Waals surface area contributed by atoms with E-state index >= 15 is 0 Å². The van der Waals surface area contributed by atoms with Crippen LogP contribution in [-0.4, -0.2) is 55.3 Å². The Kier molecular flexibility index (Phi) is 12.4. The van der Waals surface area contributed by atoms with Gasteiger partial charge in [-0.1, -0.05) is 56.3 Å². The SMILES string of the molecule is CCN(CC)CCCNC/C(=C/CCCCC(=O)NO)COc1cccc2ccccc12. The predicted octanol–water partition coefficient (Wildman–Crippen LogP) is 4.53. The molecule has 0 aliphatic heterocycles. The van der Waals surface area contributed by atoms with E-state index in [1.807, 2.05) is 24.3 Å². The molecular weight excluding hydrogens is 402 g/mol. The average Bonchev–Trinajstić information content (AvgIpc) is 2.83. The van der Waals surface area contributed by atoms with Crippen LogP contribution in [0.1, 0.15) is 46.0 Å². The molecule has 32 heavy (non-hydrogen) atoms. The van der Waals surface area contributed by atoms with Crippen LogP contribution >= 0.6 is 0 Å². The number of carbonyl (C=O) groups excluding carboxylic acids is 1. The smallest absolute Gasteiger partial charge is 0.243 e. The monoisotopic (exact) mass is 441 g/mol. The molecule has 176 valence electrons. The fourth-order valence-electron chi connectivity index (χ4n) is 3.68.